The summed E-state index contributed by atoms with van der Waals surface area (Å²) in [5, 5.41) is 11.8. The van der Waals surface area contributed by atoms with E-state index in [4.69, 9.17) is 0 Å². The fraction of sp³-hybridized carbons (Fsp3) is 0. The van der Waals surface area contributed by atoms with Gasteiger partial charge in [0.1, 0.15) is 0 Å². The monoisotopic (exact) mass is 542 g/mol. The van der Waals surface area contributed by atoms with Crippen LogP contribution in [-0.4, -0.2) is 0 Å². The zero-order valence-corrected chi connectivity index (χ0v) is 23.2. The molecule has 2 aromatic heterocycles. The Morgan fingerprint density at radius 2 is 0.925 bits per heavy atom. The second kappa shape index (κ2) is 8.50. The van der Waals surface area contributed by atoms with E-state index in [0.717, 1.165) is 0 Å². The third kappa shape index (κ3) is 3.18. The van der Waals surface area contributed by atoms with E-state index in [0.29, 0.717) is 0 Å². The number of fused-ring (bicyclic) bond motifs is 7. The Kier molecular flexibility index (Phi) is 4.74. The standard InChI is InChI=1S/C38H22S2/c1-2-12-25-23(10-1)11-9-18-27(25)37-28-14-3-5-16-30(28)38(31-17-6-4-15-29(31)37)36-21-24-20-32-26-13-7-8-19-33(26)39-35(32)22-34(24)40-36/h1-22H. The average Bonchev–Trinajstić information content (AvgIpc) is 3.58. The lowest BCUT2D eigenvalue weighted by Crippen LogP contribution is -1.90. The molecular weight excluding hydrogens is 521 g/mol. The highest BCUT2D eigenvalue weighted by Gasteiger charge is 2.19. The minimum atomic E-state index is 1.27. The summed E-state index contributed by atoms with van der Waals surface area (Å²) < 4.78 is 4.07. The summed E-state index contributed by atoms with van der Waals surface area (Å²) in [6.45, 7) is 0. The maximum Gasteiger partial charge on any atom is 0.0369 e. The SMILES string of the molecule is c1ccc2c(-c3c4ccccc4c(-c4cc5cc6c(cc5s4)sc4ccccc46)c4ccccc34)cccc2c1. The molecule has 0 saturated carbocycles. The molecule has 186 valence electrons. The van der Waals surface area contributed by atoms with Gasteiger partial charge in [-0.1, -0.05) is 109 Å². The number of rotatable bonds is 2. The van der Waals surface area contributed by atoms with Crippen LogP contribution in [0.25, 0.3) is 84.1 Å². The average molecular weight is 543 g/mol. The van der Waals surface area contributed by atoms with E-state index in [9.17, 15) is 0 Å². The molecule has 2 heteroatoms. The van der Waals surface area contributed by atoms with Gasteiger partial charge in [0.05, 0.1) is 0 Å². The van der Waals surface area contributed by atoms with Crippen molar-refractivity contribution in [3.05, 3.63) is 133 Å². The van der Waals surface area contributed by atoms with Crippen LogP contribution < -0.4 is 0 Å². The number of hydrogen-bond donors (Lipinski definition) is 0. The van der Waals surface area contributed by atoms with Crippen molar-refractivity contribution in [3.8, 4) is 21.6 Å². The van der Waals surface area contributed by atoms with Gasteiger partial charge >= 0.3 is 0 Å². The maximum absolute atomic E-state index is 2.41. The van der Waals surface area contributed by atoms with Crippen LogP contribution >= 0.6 is 22.7 Å². The smallest absolute Gasteiger partial charge is 0.0369 e. The second-order valence-electron chi connectivity index (χ2n) is 10.5. The summed E-state index contributed by atoms with van der Waals surface area (Å²) >= 11 is 3.81. The fourth-order valence-electron chi connectivity index (χ4n) is 6.51. The summed E-state index contributed by atoms with van der Waals surface area (Å²) in [4.78, 5) is 1.33. The van der Waals surface area contributed by atoms with Crippen molar-refractivity contribution in [2.75, 3.05) is 0 Å². The molecule has 0 fully saturated rings. The van der Waals surface area contributed by atoms with Crippen LogP contribution in [0, 0.1) is 0 Å². The van der Waals surface area contributed by atoms with E-state index < -0.39 is 0 Å². The summed E-state index contributed by atoms with van der Waals surface area (Å²) in [5.41, 5.74) is 3.95. The van der Waals surface area contributed by atoms with Gasteiger partial charge in [-0.2, -0.15) is 0 Å². The number of benzene rings is 7. The van der Waals surface area contributed by atoms with Crippen LogP contribution in [-0.2, 0) is 0 Å². The first kappa shape index (κ1) is 22.3. The lowest BCUT2D eigenvalue weighted by Gasteiger charge is -2.18. The van der Waals surface area contributed by atoms with E-state index in [1.807, 2.05) is 22.7 Å². The first-order valence-corrected chi connectivity index (χ1v) is 15.2. The molecule has 0 amide bonds. The zero-order chi connectivity index (χ0) is 26.2. The van der Waals surface area contributed by atoms with Crippen LogP contribution in [0.4, 0.5) is 0 Å². The zero-order valence-electron chi connectivity index (χ0n) is 21.5. The third-order valence-electron chi connectivity index (χ3n) is 8.25. The lowest BCUT2D eigenvalue weighted by molar-refractivity contribution is 1.70. The van der Waals surface area contributed by atoms with Gasteiger partial charge in [-0.05, 0) is 73.1 Å². The van der Waals surface area contributed by atoms with E-state index in [1.54, 1.807) is 0 Å². The van der Waals surface area contributed by atoms with Gasteiger partial charge in [-0.25, -0.2) is 0 Å². The van der Waals surface area contributed by atoms with Crippen LogP contribution in [0.5, 0.6) is 0 Å². The number of hydrogen-bond acceptors (Lipinski definition) is 2. The predicted molar refractivity (Wildman–Crippen MR) is 178 cm³/mol. The van der Waals surface area contributed by atoms with Crippen LogP contribution in [0.3, 0.4) is 0 Å². The first-order valence-electron chi connectivity index (χ1n) is 13.6. The maximum atomic E-state index is 2.41. The first-order chi connectivity index (χ1) is 19.8. The van der Waals surface area contributed by atoms with Gasteiger partial charge in [0.15, 0.2) is 0 Å². The Morgan fingerprint density at radius 1 is 0.325 bits per heavy atom. The summed E-state index contributed by atoms with van der Waals surface area (Å²) in [5.74, 6) is 0. The van der Waals surface area contributed by atoms with Gasteiger partial charge in [0.25, 0.3) is 0 Å². The largest absolute Gasteiger partial charge is 0.135 e. The third-order valence-corrected chi connectivity index (χ3v) is 10.5. The van der Waals surface area contributed by atoms with Crippen molar-refractivity contribution >= 4 is 85.2 Å². The molecule has 0 aliphatic carbocycles. The number of thiophene rings is 2. The molecule has 40 heavy (non-hydrogen) atoms. The van der Waals surface area contributed by atoms with E-state index >= 15 is 0 Å². The lowest BCUT2D eigenvalue weighted by atomic mass is 9.86. The highest BCUT2D eigenvalue weighted by molar-refractivity contribution is 7.26. The second-order valence-corrected chi connectivity index (χ2v) is 12.6. The predicted octanol–water partition coefficient (Wildman–Crippen LogP) is 12.1. The van der Waals surface area contributed by atoms with Crippen molar-refractivity contribution < 1.29 is 0 Å². The Labute approximate surface area is 239 Å². The Hall–Kier alpha value is -4.50. The van der Waals surface area contributed by atoms with Crippen molar-refractivity contribution in [1.82, 2.24) is 0 Å². The molecule has 0 N–H and O–H groups in total. The van der Waals surface area contributed by atoms with E-state index in [1.165, 1.54) is 84.1 Å². The quantitative estimate of drug-likeness (QED) is 0.191. The van der Waals surface area contributed by atoms with Gasteiger partial charge < -0.3 is 0 Å². The van der Waals surface area contributed by atoms with Crippen LogP contribution in [0.15, 0.2) is 133 Å². The van der Waals surface area contributed by atoms with Gasteiger partial charge in [0.2, 0.25) is 0 Å². The molecule has 0 bridgehead atoms. The molecule has 7 aromatic carbocycles. The molecule has 0 aliphatic heterocycles. The van der Waals surface area contributed by atoms with Crippen LogP contribution in [0.2, 0.25) is 0 Å². The van der Waals surface area contributed by atoms with Crippen molar-refractivity contribution in [3.63, 3.8) is 0 Å². The Morgan fingerprint density at radius 3 is 1.68 bits per heavy atom. The van der Waals surface area contributed by atoms with Crippen molar-refractivity contribution in [1.29, 1.82) is 0 Å². The van der Waals surface area contributed by atoms with Crippen LogP contribution in [0.1, 0.15) is 0 Å². The Balaban J connectivity index is 1.38. The van der Waals surface area contributed by atoms with E-state index in [2.05, 4.69) is 133 Å². The highest BCUT2D eigenvalue weighted by Crippen LogP contribution is 2.48. The molecule has 0 aliphatic rings. The highest BCUT2D eigenvalue weighted by atomic mass is 32.1. The van der Waals surface area contributed by atoms with Gasteiger partial charge in [-0.15, -0.1) is 22.7 Å². The Bertz CT molecular complexity index is 2370. The fourth-order valence-corrected chi connectivity index (χ4v) is 8.87. The summed E-state index contributed by atoms with van der Waals surface area (Å²) in [7, 11) is 0. The minimum absolute atomic E-state index is 1.27. The molecule has 0 radical (unpaired) electrons. The molecule has 9 aromatic rings. The molecule has 0 nitrogen and oxygen atoms in total. The molecular formula is C38H22S2. The van der Waals surface area contributed by atoms with Gasteiger partial charge in [0, 0.05) is 35.3 Å². The minimum Gasteiger partial charge on any atom is -0.135 e. The molecule has 0 saturated heterocycles. The normalized spacial score (nSPS) is 12.0. The summed E-state index contributed by atoms with van der Waals surface area (Å²) in [6, 6.07) is 49.4. The molecule has 9 rings (SSSR count). The molecule has 0 atom stereocenters. The molecule has 0 unspecified atom stereocenters. The van der Waals surface area contributed by atoms with E-state index in [-0.39, 0.29) is 0 Å². The molecule has 0 spiro atoms. The topological polar surface area (TPSA) is 0 Å². The van der Waals surface area contributed by atoms with Gasteiger partial charge in [-0.3, -0.25) is 0 Å². The van der Waals surface area contributed by atoms with Crippen molar-refractivity contribution in [2.45, 2.75) is 0 Å². The summed E-state index contributed by atoms with van der Waals surface area (Å²) in [6.07, 6.45) is 0. The molecule has 2 heterocycles. The van der Waals surface area contributed by atoms with Crippen molar-refractivity contribution in [2.24, 2.45) is 0 Å².